The van der Waals surface area contributed by atoms with Crippen LogP contribution in [0.5, 0.6) is 11.5 Å². The van der Waals surface area contributed by atoms with E-state index in [9.17, 15) is 4.79 Å². The molecule has 37 heavy (non-hydrogen) atoms. The van der Waals surface area contributed by atoms with Crippen molar-refractivity contribution in [3.8, 4) is 22.1 Å². The molecule has 0 fully saturated rings. The van der Waals surface area contributed by atoms with Gasteiger partial charge in [0.2, 0.25) is 0 Å². The van der Waals surface area contributed by atoms with Crippen molar-refractivity contribution in [2.45, 2.75) is 20.4 Å². The lowest BCUT2D eigenvalue weighted by molar-refractivity contribution is 0.391. The molecule has 3 aromatic carbocycles. The number of halogens is 1. The molecule has 0 unspecified atom stereocenters. The second-order valence-corrected chi connectivity index (χ2v) is 9.99. The summed E-state index contributed by atoms with van der Waals surface area (Å²) in [5.74, 6) is 2.15. The van der Waals surface area contributed by atoms with Gasteiger partial charge in [0.1, 0.15) is 22.3 Å². The lowest BCUT2D eigenvalue weighted by Crippen LogP contribution is -2.18. The molecule has 0 radical (unpaired) electrons. The number of benzene rings is 3. The Bertz CT molecular complexity index is 1640. The maximum Gasteiger partial charge on any atom is 0.346 e. The fraction of sp³-hybridized carbons (Fsp3) is 0.172. The predicted molar refractivity (Wildman–Crippen MR) is 150 cm³/mol. The number of fused-ring (bicyclic) bond motifs is 1. The normalized spacial score (nSPS) is 11.1. The first-order valence-corrected chi connectivity index (χ1v) is 12.9. The first-order chi connectivity index (χ1) is 17.9. The standard InChI is InChI=1S/C29H25ClN2O4S/c1-17-10-18(2)12-21(11-17)32(15-20-8-9-22(34-3)14-25(20)35-4)26-16-37-28(31-26)23-13-19-6-5-7-24(30)27(19)36-29(23)33/h5-14,16H,15H2,1-4H3. The maximum absolute atomic E-state index is 12.9. The number of nitrogens with zero attached hydrogens (tertiary/aromatic N) is 2. The van der Waals surface area contributed by atoms with Gasteiger partial charge in [0.05, 0.1) is 31.4 Å². The van der Waals surface area contributed by atoms with Gasteiger partial charge >= 0.3 is 5.63 Å². The summed E-state index contributed by atoms with van der Waals surface area (Å²) in [6, 6.07) is 19.3. The molecule has 2 heterocycles. The minimum atomic E-state index is -0.476. The van der Waals surface area contributed by atoms with Crippen LogP contribution in [0.4, 0.5) is 11.5 Å². The van der Waals surface area contributed by atoms with Crippen LogP contribution in [0.1, 0.15) is 16.7 Å². The van der Waals surface area contributed by atoms with Crippen molar-refractivity contribution in [2.24, 2.45) is 0 Å². The number of aromatic nitrogens is 1. The van der Waals surface area contributed by atoms with Gasteiger partial charge in [-0.15, -0.1) is 11.3 Å². The van der Waals surface area contributed by atoms with Crippen molar-refractivity contribution in [3.63, 3.8) is 0 Å². The first-order valence-electron chi connectivity index (χ1n) is 11.6. The predicted octanol–water partition coefficient (Wildman–Crippen LogP) is 7.54. The van der Waals surface area contributed by atoms with Crippen molar-refractivity contribution in [1.29, 1.82) is 0 Å². The van der Waals surface area contributed by atoms with E-state index in [2.05, 4.69) is 36.9 Å². The van der Waals surface area contributed by atoms with E-state index < -0.39 is 5.63 Å². The van der Waals surface area contributed by atoms with E-state index in [1.807, 2.05) is 35.7 Å². The highest BCUT2D eigenvalue weighted by Gasteiger charge is 2.20. The van der Waals surface area contributed by atoms with Crippen LogP contribution in [-0.2, 0) is 6.54 Å². The van der Waals surface area contributed by atoms with Crippen LogP contribution in [0.3, 0.4) is 0 Å². The molecule has 0 saturated heterocycles. The SMILES string of the molecule is COc1ccc(CN(c2cc(C)cc(C)c2)c2csc(-c3cc4cccc(Cl)c4oc3=O)n2)c(OC)c1. The van der Waals surface area contributed by atoms with Crippen LogP contribution in [0, 0.1) is 13.8 Å². The second kappa shape index (κ2) is 10.3. The van der Waals surface area contributed by atoms with Crippen molar-refractivity contribution >= 4 is 45.4 Å². The minimum absolute atomic E-state index is 0.373. The highest BCUT2D eigenvalue weighted by Crippen LogP contribution is 2.36. The van der Waals surface area contributed by atoms with Crippen LogP contribution in [0.2, 0.25) is 5.02 Å². The Labute approximate surface area is 223 Å². The van der Waals surface area contributed by atoms with Crippen molar-refractivity contribution in [1.82, 2.24) is 4.98 Å². The van der Waals surface area contributed by atoms with Gasteiger partial charge in [-0.1, -0.05) is 29.8 Å². The summed E-state index contributed by atoms with van der Waals surface area (Å²) in [5, 5.41) is 3.66. The smallest absolute Gasteiger partial charge is 0.346 e. The Morgan fingerprint density at radius 2 is 1.78 bits per heavy atom. The molecular formula is C29H25ClN2O4S. The average Bonchev–Trinajstić information content (AvgIpc) is 3.36. The molecule has 0 amide bonds. The molecule has 5 aromatic rings. The molecule has 0 aliphatic rings. The van der Waals surface area contributed by atoms with E-state index in [1.165, 1.54) is 11.3 Å². The Balaban J connectivity index is 1.60. The van der Waals surface area contributed by atoms with Crippen LogP contribution in [0.25, 0.3) is 21.5 Å². The number of anilines is 2. The summed E-state index contributed by atoms with van der Waals surface area (Å²) >= 11 is 7.61. The van der Waals surface area contributed by atoms with Gasteiger partial charge in [-0.05, 0) is 61.4 Å². The minimum Gasteiger partial charge on any atom is -0.497 e. The van der Waals surface area contributed by atoms with E-state index >= 15 is 0 Å². The van der Waals surface area contributed by atoms with Gasteiger partial charge in [-0.2, -0.15) is 0 Å². The third-order valence-corrected chi connectivity index (χ3v) is 7.21. The van der Waals surface area contributed by atoms with E-state index in [0.29, 0.717) is 33.5 Å². The fourth-order valence-corrected chi connectivity index (χ4v) is 5.37. The summed E-state index contributed by atoms with van der Waals surface area (Å²) in [7, 11) is 3.27. The fourth-order valence-electron chi connectivity index (χ4n) is 4.33. The maximum atomic E-state index is 12.9. The molecule has 8 heteroatoms. The number of hydrogen-bond donors (Lipinski definition) is 0. The molecule has 188 valence electrons. The Kier molecular flexibility index (Phi) is 6.91. The average molecular weight is 533 g/mol. The van der Waals surface area contributed by atoms with E-state index in [4.69, 9.17) is 30.5 Å². The van der Waals surface area contributed by atoms with Crippen LogP contribution in [-0.4, -0.2) is 19.2 Å². The molecule has 0 N–H and O–H groups in total. The lowest BCUT2D eigenvalue weighted by atomic mass is 10.1. The Morgan fingerprint density at radius 1 is 1.00 bits per heavy atom. The third-order valence-electron chi connectivity index (χ3n) is 6.05. The number of aryl methyl sites for hydroxylation is 2. The van der Waals surface area contributed by atoms with E-state index in [-0.39, 0.29) is 0 Å². The quantitative estimate of drug-likeness (QED) is 0.202. The van der Waals surface area contributed by atoms with Crippen molar-refractivity contribution in [2.75, 3.05) is 19.1 Å². The number of thiazole rings is 1. The number of methoxy groups -OCH3 is 2. The molecule has 0 bridgehead atoms. The largest absolute Gasteiger partial charge is 0.497 e. The van der Waals surface area contributed by atoms with Crippen molar-refractivity contribution in [3.05, 3.63) is 98.2 Å². The number of hydrogen-bond acceptors (Lipinski definition) is 7. The second-order valence-electron chi connectivity index (χ2n) is 8.73. The molecule has 0 aliphatic carbocycles. The molecule has 6 nitrogen and oxygen atoms in total. The monoisotopic (exact) mass is 532 g/mol. The van der Waals surface area contributed by atoms with E-state index in [1.54, 1.807) is 26.4 Å². The highest BCUT2D eigenvalue weighted by atomic mass is 35.5. The summed E-state index contributed by atoms with van der Waals surface area (Å²) in [6.07, 6.45) is 0. The van der Waals surface area contributed by atoms with Gasteiger partial charge < -0.3 is 18.8 Å². The molecule has 0 saturated carbocycles. The summed E-state index contributed by atoms with van der Waals surface area (Å²) in [6.45, 7) is 4.64. The molecule has 0 spiro atoms. The topological polar surface area (TPSA) is 64.8 Å². The van der Waals surface area contributed by atoms with Gasteiger partial charge in [0, 0.05) is 28.1 Å². The molecule has 0 aliphatic heterocycles. The first kappa shape index (κ1) is 24.9. The summed E-state index contributed by atoms with van der Waals surface area (Å²) in [4.78, 5) is 19.9. The zero-order valence-electron chi connectivity index (χ0n) is 20.9. The van der Waals surface area contributed by atoms with Crippen LogP contribution >= 0.6 is 22.9 Å². The zero-order valence-corrected chi connectivity index (χ0v) is 22.4. The van der Waals surface area contributed by atoms with Crippen molar-refractivity contribution < 1.29 is 13.9 Å². The Morgan fingerprint density at radius 3 is 2.51 bits per heavy atom. The lowest BCUT2D eigenvalue weighted by Gasteiger charge is -2.25. The van der Waals surface area contributed by atoms with E-state index in [0.717, 1.165) is 39.3 Å². The highest BCUT2D eigenvalue weighted by molar-refractivity contribution is 7.13. The molecule has 5 rings (SSSR count). The summed E-state index contributed by atoms with van der Waals surface area (Å²) < 4.78 is 16.6. The van der Waals surface area contributed by atoms with Crippen LogP contribution in [0.15, 0.2) is 75.3 Å². The Hall–Kier alpha value is -3.81. The van der Waals surface area contributed by atoms with Gasteiger partial charge in [0.15, 0.2) is 5.58 Å². The number of para-hydroxylation sites is 1. The van der Waals surface area contributed by atoms with Crippen LogP contribution < -0.4 is 20.0 Å². The van der Waals surface area contributed by atoms with Gasteiger partial charge in [0.25, 0.3) is 0 Å². The zero-order chi connectivity index (χ0) is 26.1. The summed E-state index contributed by atoms with van der Waals surface area (Å²) in [5.41, 5.74) is 4.54. The molecule has 0 atom stereocenters. The van der Waals surface area contributed by atoms with Gasteiger partial charge in [-0.3, -0.25) is 0 Å². The van der Waals surface area contributed by atoms with Gasteiger partial charge in [-0.25, -0.2) is 9.78 Å². The third kappa shape index (κ3) is 5.05. The number of rotatable bonds is 7. The molecular weight excluding hydrogens is 508 g/mol. The number of ether oxygens (including phenoxy) is 2. The molecule has 2 aromatic heterocycles.